The van der Waals surface area contributed by atoms with E-state index in [1.807, 2.05) is 0 Å². The predicted octanol–water partition coefficient (Wildman–Crippen LogP) is 5.42. The Bertz CT molecular complexity index is 457. The fourth-order valence-corrected chi connectivity index (χ4v) is 4.03. The molecule has 0 fully saturated rings. The van der Waals surface area contributed by atoms with Crippen LogP contribution in [0.3, 0.4) is 0 Å². The molecule has 17 heavy (non-hydrogen) atoms. The summed E-state index contributed by atoms with van der Waals surface area (Å²) in [4.78, 5) is -0.178. The van der Waals surface area contributed by atoms with Gasteiger partial charge in [0.25, 0.3) is 0 Å². The summed E-state index contributed by atoms with van der Waals surface area (Å²) in [7, 11) is 0. The molecule has 0 saturated carbocycles. The highest BCUT2D eigenvalue weighted by Crippen LogP contribution is 2.46. The van der Waals surface area contributed by atoms with Gasteiger partial charge in [0, 0.05) is 15.4 Å². The van der Waals surface area contributed by atoms with E-state index in [1.165, 1.54) is 0 Å². The third-order valence-electron chi connectivity index (χ3n) is 3.41. The Hall–Kier alpha value is -0.150. The van der Waals surface area contributed by atoms with Gasteiger partial charge < -0.3 is 0 Å². The van der Waals surface area contributed by atoms with Crippen molar-refractivity contribution in [1.29, 1.82) is 0 Å². The Morgan fingerprint density at radius 1 is 1.41 bits per heavy atom. The Morgan fingerprint density at radius 2 is 2.06 bits per heavy atom. The Kier molecular flexibility index (Phi) is 3.52. The van der Waals surface area contributed by atoms with Crippen LogP contribution < -0.4 is 0 Å². The molecule has 0 radical (unpaired) electrons. The predicted molar refractivity (Wildman–Crippen MR) is 69.8 cm³/mol. The molecule has 0 aromatic heterocycles. The van der Waals surface area contributed by atoms with Gasteiger partial charge in [-0.25, -0.2) is 8.78 Å². The standard InChI is InChI=1S/C13H14BrClF2/c1-13(2)4-3-7-9(15)5-10(16)12(17)11(7)8(14)6-13/h5,8H,3-4,6H2,1-2H3. The molecule has 94 valence electrons. The lowest BCUT2D eigenvalue weighted by atomic mass is 9.84. The average molecular weight is 324 g/mol. The summed E-state index contributed by atoms with van der Waals surface area (Å²) in [5.74, 6) is -1.62. The highest BCUT2D eigenvalue weighted by atomic mass is 79.9. The first-order chi connectivity index (χ1) is 7.82. The maximum atomic E-state index is 13.9. The molecule has 1 aromatic rings. The number of fused-ring (bicyclic) bond motifs is 1. The molecule has 1 aliphatic rings. The van der Waals surface area contributed by atoms with Crippen molar-refractivity contribution >= 4 is 27.5 Å². The summed E-state index contributed by atoms with van der Waals surface area (Å²) in [5, 5.41) is 0.334. The van der Waals surface area contributed by atoms with Crippen molar-refractivity contribution in [2.75, 3.05) is 0 Å². The molecule has 1 unspecified atom stereocenters. The number of benzene rings is 1. The molecule has 0 saturated heterocycles. The molecular weight excluding hydrogens is 309 g/mol. The molecular formula is C13H14BrClF2. The summed E-state index contributed by atoms with van der Waals surface area (Å²) < 4.78 is 27.3. The van der Waals surface area contributed by atoms with Gasteiger partial charge in [0.1, 0.15) is 0 Å². The lowest BCUT2D eigenvalue weighted by Gasteiger charge is -2.24. The normalized spacial score (nSPS) is 23.1. The number of hydrogen-bond donors (Lipinski definition) is 0. The largest absolute Gasteiger partial charge is 0.204 e. The van der Waals surface area contributed by atoms with E-state index in [0.717, 1.165) is 24.5 Å². The zero-order valence-electron chi connectivity index (χ0n) is 9.79. The highest BCUT2D eigenvalue weighted by molar-refractivity contribution is 9.09. The van der Waals surface area contributed by atoms with Crippen molar-refractivity contribution in [1.82, 2.24) is 0 Å². The molecule has 0 nitrogen and oxygen atoms in total. The molecule has 1 aliphatic carbocycles. The van der Waals surface area contributed by atoms with Crippen LogP contribution in [0.15, 0.2) is 6.07 Å². The number of hydrogen-bond acceptors (Lipinski definition) is 0. The molecule has 0 spiro atoms. The fraction of sp³-hybridized carbons (Fsp3) is 0.538. The van der Waals surface area contributed by atoms with Gasteiger partial charge >= 0.3 is 0 Å². The van der Waals surface area contributed by atoms with Gasteiger partial charge in [-0.15, -0.1) is 0 Å². The van der Waals surface area contributed by atoms with Crippen molar-refractivity contribution in [3.05, 3.63) is 33.9 Å². The van der Waals surface area contributed by atoms with E-state index in [-0.39, 0.29) is 10.2 Å². The second kappa shape index (κ2) is 4.51. The van der Waals surface area contributed by atoms with Crippen molar-refractivity contribution in [3.63, 3.8) is 0 Å². The van der Waals surface area contributed by atoms with E-state index < -0.39 is 11.6 Å². The molecule has 2 rings (SSSR count). The van der Waals surface area contributed by atoms with Crippen LogP contribution in [0.2, 0.25) is 5.02 Å². The second-order valence-corrected chi connectivity index (χ2v) is 6.89. The molecule has 0 bridgehead atoms. The molecule has 1 aromatic carbocycles. The zero-order chi connectivity index (χ0) is 12.8. The topological polar surface area (TPSA) is 0 Å². The van der Waals surface area contributed by atoms with E-state index >= 15 is 0 Å². The summed E-state index contributed by atoms with van der Waals surface area (Å²) in [5.41, 5.74) is 1.25. The van der Waals surface area contributed by atoms with Gasteiger partial charge in [-0.05, 0) is 36.3 Å². The van der Waals surface area contributed by atoms with Gasteiger partial charge in [-0.1, -0.05) is 41.4 Å². The van der Waals surface area contributed by atoms with E-state index in [9.17, 15) is 8.78 Å². The SMILES string of the molecule is CC1(C)CCc2c(Cl)cc(F)c(F)c2C(Br)C1. The minimum Gasteiger partial charge on any atom is -0.204 e. The lowest BCUT2D eigenvalue weighted by Crippen LogP contribution is -2.11. The van der Waals surface area contributed by atoms with Crippen LogP contribution in [0.1, 0.15) is 42.6 Å². The van der Waals surface area contributed by atoms with Crippen LogP contribution in [0, 0.1) is 17.0 Å². The Morgan fingerprint density at radius 3 is 2.71 bits per heavy atom. The molecule has 0 heterocycles. The Balaban J connectivity index is 2.59. The van der Waals surface area contributed by atoms with Crippen molar-refractivity contribution in [3.8, 4) is 0 Å². The number of halogens is 4. The minimum absolute atomic E-state index is 0.0967. The third-order valence-corrected chi connectivity index (χ3v) is 4.53. The fourth-order valence-electron chi connectivity index (χ4n) is 2.38. The van der Waals surface area contributed by atoms with E-state index in [0.29, 0.717) is 17.0 Å². The maximum absolute atomic E-state index is 13.9. The van der Waals surface area contributed by atoms with Gasteiger partial charge in [0.2, 0.25) is 0 Å². The van der Waals surface area contributed by atoms with E-state index in [4.69, 9.17) is 11.6 Å². The van der Waals surface area contributed by atoms with Crippen molar-refractivity contribution in [2.24, 2.45) is 5.41 Å². The summed E-state index contributed by atoms with van der Waals surface area (Å²) in [6, 6.07) is 1.08. The van der Waals surface area contributed by atoms with Crippen LogP contribution in [0.5, 0.6) is 0 Å². The number of alkyl halides is 1. The average Bonchev–Trinajstić information content (AvgIpc) is 2.31. The third kappa shape index (κ3) is 2.50. The van der Waals surface area contributed by atoms with Crippen LogP contribution >= 0.6 is 27.5 Å². The van der Waals surface area contributed by atoms with E-state index in [1.54, 1.807) is 0 Å². The minimum atomic E-state index is -0.863. The van der Waals surface area contributed by atoms with Crippen LogP contribution in [0.25, 0.3) is 0 Å². The molecule has 4 heteroatoms. The quantitative estimate of drug-likeness (QED) is 0.340. The molecule has 0 aliphatic heterocycles. The first-order valence-corrected chi connectivity index (χ1v) is 6.91. The summed E-state index contributed by atoms with van der Waals surface area (Å²) >= 11 is 9.49. The van der Waals surface area contributed by atoms with Crippen LogP contribution in [0.4, 0.5) is 8.78 Å². The first-order valence-electron chi connectivity index (χ1n) is 5.62. The Labute approximate surface area is 113 Å². The lowest BCUT2D eigenvalue weighted by molar-refractivity contribution is 0.315. The van der Waals surface area contributed by atoms with Gasteiger partial charge in [-0.3, -0.25) is 0 Å². The van der Waals surface area contributed by atoms with Gasteiger partial charge in [-0.2, -0.15) is 0 Å². The summed E-state index contributed by atoms with van der Waals surface area (Å²) in [6.07, 6.45) is 2.39. The monoisotopic (exact) mass is 322 g/mol. The summed E-state index contributed by atoms with van der Waals surface area (Å²) in [6.45, 7) is 4.27. The maximum Gasteiger partial charge on any atom is 0.163 e. The van der Waals surface area contributed by atoms with Crippen molar-refractivity contribution < 1.29 is 8.78 Å². The number of rotatable bonds is 0. The van der Waals surface area contributed by atoms with Crippen LogP contribution in [-0.4, -0.2) is 0 Å². The van der Waals surface area contributed by atoms with Gasteiger partial charge in [0.05, 0.1) is 0 Å². The zero-order valence-corrected chi connectivity index (χ0v) is 12.1. The molecule has 0 amide bonds. The van der Waals surface area contributed by atoms with E-state index in [2.05, 4.69) is 29.8 Å². The molecule has 0 N–H and O–H groups in total. The second-order valence-electron chi connectivity index (χ2n) is 5.38. The van der Waals surface area contributed by atoms with Gasteiger partial charge in [0.15, 0.2) is 11.6 Å². The smallest absolute Gasteiger partial charge is 0.163 e. The first kappa shape index (κ1) is 13.3. The van der Waals surface area contributed by atoms with Crippen LogP contribution in [-0.2, 0) is 6.42 Å². The molecule has 1 atom stereocenters. The van der Waals surface area contributed by atoms with Crippen molar-refractivity contribution in [2.45, 2.75) is 37.9 Å². The highest BCUT2D eigenvalue weighted by Gasteiger charge is 2.32.